The Morgan fingerprint density at radius 1 is 1.24 bits per heavy atom. The normalized spacial score (nSPS) is 13.0. The van der Waals surface area contributed by atoms with Gasteiger partial charge in [0.15, 0.2) is 5.53 Å². The molecule has 1 atom stereocenters. The minimum atomic E-state index is -1.77. The monoisotopic (exact) mass is 681 g/mol. The summed E-state index contributed by atoms with van der Waals surface area (Å²) < 4.78 is 11.5. The maximum absolute atomic E-state index is 12.5. The van der Waals surface area contributed by atoms with Crippen molar-refractivity contribution in [2.24, 2.45) is 5.16 Å². The van der Waals surface area contributed by atoms with Crippen LogP contribution >= 0.6 is 38.7 Å². The first kappa shape index (κ1) is 36.9. The highest BCUT2D eigenvalue weighted by molar-refractivity contribution is 14.2. The van der Waals surface area contributed by atoms with Crippen molar-refractivity contribution in [2.75, 3.05) is 18.5 Å². The van der Waals surface area contributed by atoms with Gasteiger partial charge in [-0.1, -0.05) is 59.0 Å². The summed E-state index contributed by atoms with van der Waals surface area (Å²) in [7, 11) is 1.62. The summed E-state index contributed by atoms with van der Waals surface area (Å²) in [5, 5.41) is 30.4. The first-order valence-corrected chi connectivity index (χ1v) is 17.5. The van der Waals surface area contributed by atoms with E-state index >= 15 is 0 Å². The first-order valence-electron chi connectivity index (χ1n) is 12.8. The predicted molar refractivity (Wildman–Crippen MR) is 171 cm³/mol. The van der Waals surface area contributed by atoms with Crippen molar-refractivity contribution >= 4 is 50.4 Å². The van der Waals surface area contributed by atoms with Gasteiger partial charge in [0.05, 0.1) is 12.3 Å². The first-order chi connectivity index (χ1) is 17.9. The maximum Gasteiger partial charge on any atom is 0.342 e. The van der Waals surface area contributed by atoms with Crippen molar-refractivity contribution in [1.29, 1.82) is 0 Å². The van der Waals surface area contributed by atoms with Crippen molar-refractivity contribution in [3.63, 3.8) is 0 Å². The number of halogens is 1. The highest BCUT2D eigenvalue weighted by Crippen LogP contribution is 2.39. The fourth-order valence-electron chi connectivity index (χ4n) is 3.57. The number of oxime groups is 1. The van der Waals surface area contributed by atoms with Crippen LogP contribution in [0.25, 0.3) is 0 Å². The SMILES string of the molecule is CC(C)=NO.CC=CC(O)(O)PC/C(C)=C/Cc1c(CC)c(C)c2c(c1OCCSI)C(=O)OC2.CCC. The van der Waals surface area contributed by atoms with Crippen LogP contribution in [-0.2, 0) is 24.2 Å². The Bertz CT molecular complexity index is 975. The third-order valence-corrected chi connectivity index (χ3v) is 8.33. The third-order valence-electron chi connectivity index (χ3n) is 5.27. The highest BCUT2D eigenvalue weighted by atomic mass is 127. The van der Waals surface area contributed by atoms with Crippen LogP contribution in [0.5, 0.6) is 5.75 Å². The number of nitrogens with zero attached hydrogens (tertiary/aromatic N) is 1. The zero-order chi connectivity index (χ0) is 29.3. The quantitative estimate of drug-likeness (QED) is 0.0258. The van der Waals surface area contributed by atoms with Crippen LogP contribution in [0.15, 0.2) is 29.0 Å². The second kappa shape index (κ2) is 19.9. The lowest BCUT2D eigenvalue weighted by Gasteiger charge is -2.20. The van der Waals surface area contributed by atoms with Crippen molar-refractivity contribution < 1.29 is 29.7 Å². The minimum absolute atomic E-state index is 0.0451. The Balaban J connectivity index is 0.00000150. The van der Waals surface area contributed by atoms with Gasteiger partial charge in [-0.15, -0.1) is 0 Å². The summed E-state index contributed by atoms with van der Waals surface area (Å²) in [4.78, 5) is 12.5. The number of ether oxygens (including phenoxy) is 2. The van der Waals surface area contributed by atoms with Gasteiger partial charge in [0, 0.05) is 16.9 Å². The molecule has 2 rings (SSSR count). The van der Waals surface area contributed by atoms with E-state index in [4.69, 9.17) is 14.7 Å². The molecule has 10 heteroatoms. The molecule has 1 heterocycles. The molecule has 0 radical (unpaired) electrons. The Morgan fingerprint density at radius 2 is 1.84 bits per heavy atom. The number of rotatable bonds is 11. The van der Waals surface area contributed by atoms with Gasteiger partial charge in [0.25, 0.3) is 0 Å². The molecule has 38 heavy (non-hydrogen) atoms. The lowest BCUT2D eigenvalue weighted by Crippen LogP contribution is -2.18. The topological polar surface area (TPSA) is 109 Å². The van der Waals surface area contributed by atoms with E-state index in [1.165, 1.54) is 18.1 Å². The van der Waals surface area contributed by atoms with Crippen LogP contribution in [0.3, 0.4) is 0 Å². The van der Waals surface area contributed by atoms with E-state index in [1.807, 2.05) is 6.92 Å². The fourth-order valence-corrected chi connectivity index (χ4v) is 5.22. The lowest BCUT2D eigenvalue weighted by molar-refractivity contribution is -0.0366. The molecule has 1 aliphatic rings. The van der Waals surface area contributed by atoms with E-state index in [-0.39, 0.29) is 14.6 Å². The summed E-state index contributed by atoms with van der Waals surface area (Å²) in [5.74, 6) is 1.17. The van der Waals surface area contributed by atoms with E-state index in [0.717, 1.165) is 34.4 Å². The van der Waals surface area contributed by atoms with Gasteiger partial charge >= 0.3 is 5.97 Å². The van der Waals surface area contributed by atoms with Crippen LogP contribution < -0.4 is 4.74 Å². The van der Waals surface area contributed by atoms with E-state index in [1.54, 1.807) is 35.8 Å². The van der Waals surface area contributed by atoms with Crippen LogP contribution in [0.2, 0.25) is 0 Å². The van der Waals surface area contributed by atoms with Gasteiger partial charge < -0.3 is 24.9 Å². The molecule has 3 N–H and O–H groups in total. The number of carbonyl (C=O) groups is 1. The van der Waals surface area contributed by atoms with Crippen molar-refractivity contribution in [3.8, 4) is 5.75 Å². The molecule has 0 spiro atoms. The molecule has 7 nitrogen and oxygen atoms in total. The van der Waals surface area contributed by atoms with Crippen LogP contribution in [0, 0.1) is 6.92 Å². The van der Waals surface area contributed by atoms with Gasteiger partial charge in [0.1, 0.15) is 17.9 Å². The maximum atomic E-state index is 12.5. The summed E-state index contributed by atoms with van der Waals surface area (Å²) in [6, 6.07) is 0. The van der Waals surface area contributed by atoms with Gasteiger partial charge in [-0.2, -0.15) is 0 Å². The summed E-state index contributed by atoms with van der Waals surface area (Å²) in [5.41, 5.74) is 4.84. The molecule has 0 fully saturated rings. The Morgan fingerprint density at radius 3 is 2.34 bits per heavy atom. The summed E-state index contributed by atoms with van der Waals surface area (Å²) in [6.07, 6.45) is 8.45. The van der Waals surface area contributed by atoms with Gasteiger partial charge in [-0.25, -0.2) is 4.79 Å². The number of benzene rings is 1. The van der Waals surface area contributed by atoms with E-state index < -0.39 is 5.53 Å². The molecule has 0 aromatic heterocycles. The Labute approximate surface area is 246 Å². The van der Waals surface area contributed by atoms with Crippen molar-refractivity contribution in [2.45, 2.75) is 86.8 Å². The molecular weight excluding hydrogens is 636 g/mol. The number of fused-ring (bicyclic) bond motifs is 1. The molecule has 0 saturated carbocycles. The number of aliphatic hydroxyl groups is 2. The standard InChI is InChI=1S/C22H30IO5PS.C3H7NO.C3H8/c1-5-9-22(25,26)29-13-14(3)7-8-17-16(6-2)15(4)18-12-28-21(24)19(18)20(17)27-10-11-30-23;1-3(2)4-5;1-3-2/h5,7,9,25-26,29H,6,8,10-13H2,1-4H3;5H,1-2H3;3H2,1-2H3/b9-5?,14-7+;;. The predicted octanol–water partition coefficient (Wildman–Crippen LogP) is 7.34. The largest absolute Gasteiger partial charge is 0.491 e. The molecule has 0 saturated heterocycles. The number of hydrogen-bond acceptors (Lipinski definition) is 8. The molecule has 216 valence electrons. The second-order valence-electron chi connectivity index (χ2n) is 8.94. The zero-order valence-electron chi connectivity index (χ0n) is 24.0. The average molecular weight is 682 g/mol. The number of cyclic esters (lactones) is 1. The van der Waals surface area contributed by atoms with Crippen LogP contribution in [-0.4, -0.2) is 51.2 Å². The summed E-state index contributed by atoms with van der Waals surface area (Å²) >= 11 is 2.24. The van der Waals surface area contributed by atoms with Crippen molar-refractivity contribution in [3.05, 3.63) is 51.6 Å². The van der Waals surface area contributed by atoms with Gasteiger partial charge in [0.2, 0.25) is 0 Å². The number of carbonyl (C=O) groups excluding carboxylic acids is 1. The zero-order valence-corrected chi connectivity index (χ0v) is 28.0. The third kappa shape index (κ3) is 12.8. The molecular formula is C28H45INO6PS. The molecule has 1 aromatic rings. The number of esters is 1. The Kier molecular flexibility index (Phi) is 19.3. The second-order valence-corrected chi connectivity index (χ2v) is 12.9. The lowest BCUT2D eigenvalue weighted by atomic mass is 9.89. The van der Waals surface area contributed by atoms with E-state index in [9.17, 15) is 15.0 Å². The van der Waals surface area contributed by atoms with Crippen LogP contribution in [0.1, 0.15) is 87.5 Å². The molecule has 1 unspecified atom stereocenters. The van der Waals surface area contributed by atoms with Crippen LogP contribution in [0.4, 0.5) is 0 Å². The molecule has 1 aliphatic heterocycles. The Hall–Kier alpha value is -1.13. The molecule has 0 aliphatic carbocycles. The highest BCUT2D eigenvalue weighted by Gasteiger charge is 2.32. The van der Waals surface area contributed by atoms with E-state index in [0.29, 0.717) is 42.8 Å². The van der Waals surface area contributed by atoms with Crippen molar-refractivity contribution in [1.82, 2.24) is 0 Å². The smallest absolute Gasteiger partial charge is 0.342 e. The number of hydrogen-bond donors (Lipinski definition) is 3. The molecule has 0 bridgehead atoms. The minimum Gasteiger partial charge on any atom is -0.491 e. The molecule has 0 amide bonds. The summed E-state index contributed by atoms with van der Waals surface area (Å²) in [6.45, 7) is 16.4. The average Bonchev–Trinajstić information content (AvgIpc) is 3.25. The van der Waals surface area contributed by atoms with E-state index in [2.05, 4.69) is 60.1 Å². The fraction of sp³-hybridized carbons (Fsp3) is 0.571. The van der Waals surface area contributed by atoms with Gasteiger partial charge in [-0.3, -0.25) is 0 Å². The van der Waals surface area contributed by atoms with Gasteiger partial charge in [-0.05, 0) is 101 Å². The number of allylic oxidation sites excluding steroid dienone is 3. The molecule has 1 aromatic carbocycles.